The summed E-state index contributed by atoms with van der Waals surface area (Å²) in [6, 6.07) is 73.5. The zero-order valence-corrected chi connectivity index (χ0v) is 29.5. The van der Waals surface area contributed by atoms with E-state index < -0.39 is 0 Å². The van der Waals surface area contributed by atoms with Crippen LogP contribution in [-0.2, 0) is 0 Å². The van der Waals surface area contributed by atoms with Gasteiger partial charge in [0.15, 0.2) is 5.82 Å². The van der Waals surface area contributed by atoms with Gasteiger partial charge in [-0.3, -0.25) is 0 Å². The summed E-state index contributed by atoms with van der Waals surface area (Å²) >= 11 is 0. The van der Waals surface area contributed by atoms with E-state index in [1.165, 1.54) is 49.5 Å². The lowest BCUT2D eigenvalue weighted by molar-refractivity contribution is 1.24. The van der Waals surface area contributed by atoms with E-state index >= 15 is 0 Å². The van der Waals surface area contributed by atoms with E-state index in [1.54, 1.807) is 0 Å². The van der Waals surface area contributed by atoms with Gasteiger partial charge in [0.2, 0.25) is 0 Å². The van der Waals surface area contributed by atoms with Crippen LogP contribution in [0.15, 0.2) is 206 Å². The standard InChI is InChI=1S/C52H34N2/c1-2-12-35(13-3-1)40-17-8-19-42(32-40)44-21-10-22-45(34-44)43-20-9-18-41(33-43)36-26-28-39(29-27-36)52-53-50-47-24-7-5-15-38(47)30-31-49(50)51(54-52)48-25-11-16-37-14-4-6-23-46(37)48/h1-34H. The Labute approximate surface area is 314 Å². The van der Waals surface area contributed by atoms with E-state index in [2.05, 4.69) is 206 Å². The number of benzene rings is 9. The van der Waals surface area contributed by atoms with Gasteiger partial charge in [-0.2, -0.15) is 0 Å². The first-order valence-electron chi connectivity index (χ1n) is 18.4. The van der Waals surface area contributed by atoms with Gasteiger partial charge in [-0.15, -0.1) is 0 Å². The number of hydrogen-bond acceptors (Lipinski definition) is 2. The molecule has 0 atom stereocenters. The quantitative estimate of drug-likeness (QED) is 0.163. The van der Waals surface area contributed by atoms with Crippen molar-refractivity contribution in [2.45, 2.75) is 0 Å². The van der Waals surface area contributed by atoms with Crippen molar-refractivity contribution >= 4 is 32.4 Å². The Hall–Kier alpha value is -7.16. The van der Waals surface area contributed by atoms with Gasteiger partial charge >= 0.3 is 0 Å². The van der Waals surface area contributed by atoms with Gasteiger partial charge in [-0.25, -0.2) is 9.97 Å². The first-order valence-corrected chi connectivity index (χ1v) is 18.4. The van der Waals surface area contributed by atoms with Crippen LogP contribution in [0.1, 0.15) is 0 Å². The zero-order valence-electron chi connectivity index (χ0n) is 29.5. The molecular formula is C52H34N2. The average molecular weight is 687 g/mol. The third-order valence-electron chi connectivity index (χ3n) is 10.5. The fourth-order valence-electron chi connectivity index (χ4n) is 7.71. The Morgan fingerprint density at radius 1 is 0.259 bits per heavy atom. The van der Waals surface area contributed by atoms with E-state index in [9.17, 15) is 0 Å². The normalized spacial score (nSPS) is 11.3. The SMILES string of the molecule is c1ccc(-c2cccc(-c3cccc(-c4cccc(-c5ccc(-c6nc(-c7cccc8ccccc78)c7ccc8ccccc8c7n6)cc5)c4)c3)c2)cc1. The average Bonchev–Trinajstić information content (AvgIpc) is 3.26. The lowest BCUT2D eigenvalue weighted by atomic mass is 9.94. The molecule has 0 radical (unpaired) electrons. The molecule has 0 saturated carbocycles. The van der Waals surface area contributed by atoms with Crippen molar-refractivity contribution in [3.8, 4) is 67.2 Å². The van der Waals surface area contributed by atoms with Crippen molar-refractivity contribution in [2.24, 2.45) is 0 Å². The molecule has 1 heterocycles. The highest BCUT2D eigenvalue weighted by atomic mass is 14.9. The van der Waals surface area contributed by atoms with E-state index in [0.717, 1.165) is 50.1 Å². The predicted octanol–water partition coefficient (Wildman–Crippen LogP) is 13.9. The Morgan fingerprint density at radius 3 is 1.33 bits per heavy atom. The summed E-state index contributed by atoms with van der Waals surface area (Å²) in [7, 11) is 0. The molecule has 10 aromatic rings. The van der Waals surface area contributed by atoms with Gasteiger partial charge in [-0.05, 0) is 84.9 Å². The highest BCUT2D eigenvalue weighted by Gasteiger charge is 2.16. The smallest absolute Gasteiger partial charge is 0.160 e. The molecule has 2 heteroatoms. The highest BCUT2D eigenvalue weighted by Crippen LogP contribution is 2.37. The van der Waals surface area contributed by atoms with Crippen LogP contribution in [0.5, 0.6) is 0 Å². The second kappa shape index (κ2) is 13.4. The van der Waals surface area contributed by atoms with E-state index in [0.29, 0.717) is 0 Å². The molecule has 10 rings (SSSR count). The minimum Gasteiger partial charge on any atom is -0.227 e. The monoisotopic (exact) mass is 686 g/mol. The molecule has 0 aliphatic heterocycles. The fraction of sp³-hybridized carbons (Fsp3) is 0. The van der Waals surface area contributed by atoms with Gasteiger partial charge in [0.25, 0.3) is 0 Å². The molecular weight excluding hydrogens is 653 g/mol. The van der Waals surface area contributed by atoms with Crippen LogP contribution in [0.4, 0.5) is 0 Å². The number of nitrogens with zero attached hydrogens (tertiary/aromatic N) is 2. The second-order valence-electron chi connectivity index (χ2n) is 13.8. The number of fused-ring (bicyclic) bond motifs is 4. The first kappa shape index (κ1) is 31.6. The molecule has 2 nitrogen and oxygen atoms in total. The van der Waals surface area contributed by atoms with Crippen LogP contribution in [0.25, 0.3) is 99.6 Å². The van der Waals surface area contributed by atoms with Gasteiger partial charge < -0.3 is 0 Å². The minimum atomic E-state index is 0.718. The van der Waals surface area contributed by atoms with Crippen molar-refractivity contribution < 1.29 is 0 Å². The predicted molar refractivity (Wildman–Crippen MR) is 227 cm³/mol. The number of hydrogen-bond donors (Lipinski definition) is 0. The van der Waals surface area contributed by atoms with Gasteiger partial charge in [0, 0.05) is 21.9 Å². The van der Waals surface area contributed by atoms with Crippen molar-refractivity contribution in [2.75, 3.05) is 0 Å². The zero-order chi connectivity index (χ0) is 35.8. The maximum absolute atomic E-state index is 5.30. The molecule has 252 valence electrons. The Kier molecular flexibility index (Phi) is 7.85. The molecule has 0 spiro atoms. The van der Waals surface area contributed by atoms with Crippen LogP contribution in [0.2, 0.25) is 0 Å². The number of aromatic nitrogens is 2. The Bertz CT molecular complexity index is 2980. The molecule has 1 aromatic heterocycles. The largest absolute Gasteiger partial charge is 0.227 e. The molecule has 0 N–H and O–H groups in total. The molecule has 0 bridgehead atoms. The topological polar surface area (TPSA) is 25.8 Å². The van der Waals surface area contributed by atoms with E-state index in [4.69, 9.17) is 9.97 Å². The first-order chi connectivity index (χ1) is 26.7. The van der Waals surface area contributed by atoms with Crippen LogP contribution in [0.3, 0.4) is 0 Å². The molecule has 0 aliphatic rings. The summed E-state index contributed by atoms with van der Waals surface area (Å²) in [5, 5.41) is 5.72. The molecule has 54 heavy (non-hydrogen) atoms. The third-order valence-corrected chi connectivity index (χ3v) is 10.5. The summed E-state index contributed by atoms with van der Waals surface area (Å²) in [5.74, 6) is 0.718. The molecule has 9 aromatic carbocycles. The van der Waals surface area contributed by atoms with Crippen molar-refractivity contribution in [1.29, 1.82) is 0 Å². The van der Waals surface area contributed by atoms with Gasteiger partial charge in [0.1, 0.15) is 0 Å². The lowest BCUT2D eigenvalue weighted by Crippen LogP contribution is -1.96. The van der Waals surface area contributed by atoms with Crippen LogP contribution in [-0.4, -0.2) is 9.97 Å². The third kappa shape index (κ3) is 5.81. The van der Waals surface area contributed by atoms with Gasteiger partial charge in [-0.1, -0.05) is 182 Å². The lowest BCUT2D eigenvalue weighted by Gasteiger charge is -2.13. The molecule has 0 saturated heterocycles. The molecule has 0 aliphatic carbocycles. The van der Waals surface area contributed by atoms with E-state index in [1.807, 2.05) is 0 Å². The van der Waals surface area contributed by atoms with Crippen molar-refractivity contribution in [3.63, 3.8) is 0 Å². The molecule has 0 amide bonds. The highest BCUT2D eigenvalue weighted by molar-refractivity contribution is 6.12. The summed E-state index contributed by atoms with van der Waals surface area (Å²) in [6.07, 6.45) is 0. The van der Waals surface area contributed by atoms with E-state index in [-0.39, 0.29) is 0 Å². The fourth-order valence-corrected chi connectivity index (χ4v) is 7.71. The van der Waals surface area contributed by atoms with Crippen LogP contribution >= 0.6 is 0 Å². The summed E-state index contributed by atoms with van der Waals surface area (Å²) < 4.78 is 0. The van der Waals surface area contributed by atoms with Gasteiger partial charge in [0.05, 0.1) is 11.2 Å². The van der Waals surface area contributed by atoms with Crippen LogP contribution < -0.4 is 0 Å². The minimum absolute atomic E-state index is 0.718. The molecule has 0 unspecified atom stereocenters. The van der Waals surface area contributed by atoms with Crippen molar-refractivity contribution in [3.05, 3.63) is 206 Å². The number of rotatable bonds is 6. The Morgan fingerprint density at radius 2 is 0.704 bits per heavy atom. The maximum Gasteiger partial charge on any atom is 0.160 e. The van der Waals surface area contributed by atoms with Crippen LogP contribution in [0, 0.1) is 0 Å². The summed E-state index contributed by atoms with van der Waals surface area (Å²) in [6.45, 7) is 0. The summed E-state index contributed by atoms with van der Waals surface area (Å²) in [4.78, 5) is 10.5. The second-order valence-corrected chi connectivity index (χ2v) is 13.8. The Balaban J connectivity index is 1.01. The summed E-state index contributed by atoms with van der Waals surface area (Å²) in [5.41, 5.74) is 13.5. The maximum atomic E-state index is 5.30. The molecule has 0 fully saturated rings. The van der Waals surface area contributed by atoms with Crippen molar-refractivity contribution in [1.82, 2.24) is 9.97 Å².